The maximum absolute atomic E-state index is 10.1. The molecule has 0 aromatic rings. The van der Waals surface area contributed by atoms with Crippen molar-refractivity contribution in [1.82, 2.24) is 0 Å². The molecule has 0 amide bonds. The quantitative estimate of drug-likeness (QED) is 0.762. The van der Waals surface area contributed by atoms with Gasteiger partial charge in [0.2, 0.25) is 0 Å². The molecular weight excluding hydrogens is 192 g/mol. The summed E-state index contributed by atoms with van der Waals surface area (Å²) in [5.74, 6) is 0.968. The zero-order chi connectivity index (χ0) is 11.3. The van der Waals surface area contributed by atoms with E-state index >= 15 is 0 Å². The molecule has 90 valence electrons. The van der Waals surface area contributed by atoms with Gasteiger partial charge in [0.15, 0.2) is 0 Å². The Labute approximate surface area is 92.8 Å². The second kappa shape index (κ2) is 6.46. The van der Waals surface area contributed by atoms with Crippen molar-refractivity contribution in [1.29, 1.82) is 0 Å². The Bertz CT molecular complexity index is 164. The van der Waals surface area contributed by atoms with E-state index in [0.717, 1.165) is 32.5 Å². The van der Waals surface area contributed by atoms with Gasteiger partial charge in [-0.2, -0.15) is 0 Å². The molecule has 2 atom stereocenters. The van der Waals surface area contributed by atoms with Crippen molar-refractivity contribution in [3.63, 3.8) is 0 Å². The average molecular weight is 216 g/mol. The fraction of sp³-hybridized carbons (Fsp3) is 1.00. The van der Waals surface area contributed by atoms with E-state index in [-0.39, 0.29) is 12.2 Å². The van der Waals surface area contributed by atoms with Crippen LogP contribution >= 0.6 is 0 Å². The van der Waals surface area contributed by atoms with Gasteiger partial charge in [-0.25, -0.2) is 0 Å². The number of hydrogen-bond acceptors (Lipinski definition) is 3. The van der Waals surface area contributed by atoms with Crippen LogP contribution in [-0.4, -0.2) is 37.6 Å². The highest BCUT2D eigenvalue weighted by Crippen LogP contribution is 2.23. The van der Waals surface area contributed by atoms with E-state index in [9.17, 15) is 5.11 Å². The summed E-state index contributed by atoms with van der Waals surface area (Å²) in [6.07, 6.45) is 2.63. The lowest BCUT2D eigenvalue weighted by molar-refractivity contribution is -0.0545. The molecule has 15 heavy (non-hydrogen) atoms. The van der Waals surface area contributed by atoms with Crippen LogP contribution in [-0.2, 0) is 9.47 Å². The lowest BCUT2D eigenvalue weighted by Gasteiger charge is -2.29. The number of methoxy groups -OCH3 is 1. The number of rotatable bonds is 5. The number of ether oxygens (including phenoxy) is 2. The van der Waals surface area contributed by atoms with Crippen LogP contribution in [0.1, 0.15) is 33.1 Å². The van der Waals surface area contributed by atoms with E-state index in [1.807, 2.05) is 0 Å². The Balaban J connectivity index is 2.34. The number of aliphatic hydroxyl groups excluding tert-OH is 1. The zero-order valence-corrected chi connectivity index (χ0v) is 10.1. The van der Waals surface area contributed by atoms with Gasteiger partial charge in [-0.1, -0.05) is 13.8 Å². The fourth-order valence-corrected chi connectivity index (χ4v) is 2.33. The first-order valence-corrected chi connectivity index (χ1v) is 5.93. The molecule has 1 aliphatic rings. The highest BCUT2D eigenvalue weighted by molar-refractivity contribution is 4.76. The van der Waals surface area contributed by atoms with Gasteiger partial charge < -0.3 is 14.6 Å². The van der Waals surface area contributed by atoms with Crippen molar-refractivity contribution in [3.8, 4) is 0 Å². The van der Waals surface area contributed by atoms with E-state index in [4.69, 9.17) is 9.47 Å². The van der Waals surface area contributed by atoms with E-state index in [1.165, 1.54) is 0 Å². The van der Waals surface area contributed by atoms with Crippen molar-refractivity contribution < 1.29 is 14.6 Å². The monoisotopic (exact) mass is 216 g/mol. The molecule has 0 saturated carbocycles. The summed E-state index contributed by atoms with van der Waals surface area (Å²) in [6, 6.07) is 0. The Kier molecular flexibility index (Phi) is 5.58. The molecule has 0 bridgehead atoms. The van der Waals surface area contributed by atoms with E-state index < -0.39 is 0 Å². The number of aliphatic hydroxyl groups is 1. The molecule has 0 radical (unpaired) electrons. The first kappa shape index (κ1) is 12.9. The lowest BCUT2D eigenvalue weighted by atomic mass is 9.89. The molecular formula is C12H24O3. The van der Waals surface area contributed by atoms with Crippen LogP contribution in [0.15, 0.2) is 0 Å². The third kappa shape index (κ3) is 4.09. The minimum Gasteiger partial charge on any atom is -0.390 e. The molecule has 3 heteroatoms. The SMILES string of the molecule is COC(C(C)C)C(O)CC1CCOCC1. The highest BCUT2D eigenvalue weighted by Gasteiger charge is 2.26. The van der Waals surface area contributed by atoms with Crippen molar-refractivity contribution in [2.45, 2.75) is 45.3 Å². The van der Waals surface area contributed by atoms with Crippen molar-refractivity contribution in [2.24, 2.45) is 11.8 Å². The van der Waals surface area contributed by atoms with E-state index in [0.29, 0.717) is 11.8 Å². The molecule has 1 fully saturated rings. The standard InChI is InChI=1S/C12H24O3/c1-9(2)12(14-3)11(13)8-10-4-6-15-7-5-10/h9-13H,4-8H2,1-3H3. The molecule has 0 aromatic heterocycles. The van der Waals surface area contributed by atoms with Crippen molar-refractivity contribution in [2.75, 3.05) is 20.3 Å². The molecule has 1 N–H and O–H groups in total. The topological polar surface area (TPSA) is 38.7 Å². The fourth-order valence-electron chi connectivity index (χ4n) is 2.33. The molecule has 2 unspecified atom stereocenters. The minimum atomic E-state index is -0.335. The summed E-state index contributed by atoms with van der Waals surface area (Å²) in [4.78, 5) is 0. The second-order valence-corrected chi connectivity index (χ2v) is 4.80. The Morgan fingerprint density at radius 1 is 1.33 bits per heavy atom. The second-order valence-electron chi connectivity index (χ2n) is 4.80. The summed E-state index contributed by atoms with van der Waals surface area (Å²) in [6.45, 7) is 5.86. The van der Waals surface area contributed by atoms with Gasteiger partial charge in [-0.3, -0.25) is 0 Å². The summed E-state index contributed by atoms with van der Waals surface area (Å²) in [5.41, 5.74) is 0. The largest absolute Gasteiger partial charge is 0.390 e. The molecule has 0 aromatic carbocycles. The average Bonchev–Trinajstić information content (AvgIpc) is 2.19. The molecule has 1 aliphatic heterocycles. The van der Waals surface area contributed by atoms with Crippen LogP contribution in [0.4, 0.5) is 0 Å². The van der Waals surface area contributed by atoms with Gasteiger partial charge in [-0.05, 0) is 31.1 Å². The molecule has 0 aliphatic carbocycles. The third-order valence-electron chi connectivity index (χ3n) is 3.22. The van der Waals surface area contributed by atoms with E-state index in [2.05, 4.69) is 13.8 Å². The lowest BCUT2D eigenvalue weighted by Crippen LogP contribution is -2.35. The summed E-state index contributed by atoms with van der Waals surface area (Å²) >= 11 is 0. The summed E-state index contributed by atoms with van der Waals surface area (Å²) in [5, 5.41) is 10.1. The van der Waals surface area contributed by atoms with Gasteiger partial charge in [0, 0.05) is 20.3 Å². The molecule has 3 nitrogen and oxygen atoms in total. The van der Waals surface area contributed by atoms with Crippen LogP contribution in [0.5, 0.6) is 0 Å². The van der Waals surface area contributed by atoms with Gasteiger partial charge >= 0.3 is 0 Å². The van der Waals surface area contributed by atoms with E-state index in [1.54, 1.807) is 7.11 Å². The predicted octanol–water partition coefficient (Wildman–Crippen LogP) is 1.83. The maximum Gasteiger partial charge on any atom is 0.0853 e. The predicted molar refractivity (Wildman–Crippen MR) is 59.8 cm³/mol. The first-order chi connectivity index (χ1) is 7.15. The summed E-state index contributed by atoms with van der Waals surface area (Å²) < 4.78 is 10.6. The van der Waals surface area contributed by atoms with Gasteiger partial charge in [0.1, 0.15) is 0 Å². The van der Waals surface area contributed by atoms with Crippen molar-refractivity contribution in [3.05, 3.63) is 0 Å². The van der Waals surface area contributed by atoms with Crippen LogP contribution in [0, 0.1) is 11.8 Å². The molecule has 1 saturated heterocycles. The smallest absolute Gasteiger partial charge is 0.0853 e. The summed E-state index contributed by atoms with van der Waals surface area (Å²) in [7, 11) is 1.68. The maximum atomic E-state index is 10.1. The Hall–Kier alpha value is -0.120. The highest BCUT2D eigenvalue weighted by atomic mass is 16.5. The molecule has 1 heterocycles. The normalized spacial score (nSPS) is 23.0. The van der Waals surface area contributed by atoms with Gasteiger partial charge in [0.25, 0.3) is 0 Å². The molecule has 1 rings (SSSR count). The molecule has 0 spiro atoms. The first-order valence-electron chi connectivity index (χ1n) is 5.93. The van der Waals surface area contributed by atoms with Crippen LogP contribution in [0.3, 0.4) is 0 Å². The third-order valence-corrected chi connectivity index (χ3v) is 3.22. The Morgan fingerprint density at radius 2 is 1.93 bits per heavy atom. The minimum absolute atomic E-state index is 0.0344. The number of hydrogen-bond donors (Lipinski definition) is 1. The van der Waals surface area contributed by atoms with Gasteiger partial charge in [-0.15, -0.1) is 0 Å². The van der Waals surface area contributed by atoms with Crippen LogP contribution < -0.4 is 0 Å². The van der Waals surface area contributed by atoms with Crippen LogP contribution in [0.25, 0.3) is 0 Å². The van der Waals surface area contributed by atoms with Crippen molar-refractivity contribution >= 4 is 0 Å². The van der Waals surface area contributed by atoms with Gasteiger partial charge in [0.05, 0.1) is 12.2 Å². The van der Waals surface area contributed by atoms with Crippen LogP contribution in [0.2, 0.25) is 0 Å². The zero-order valence-electron chi connectivity index (χ0n) is 10.1. The Morgan fingerprint density at radius 3 is 2.40 bits per heavy atom.